The van der Waals surface area contributed by atoms with E-state index in [0.29, 0.717) is 0 Å². The number of ether oxygens (including phenoxy) is 1. The molecule has 1 aliphatic rings. The third kappa shape index (κ3) is 2.65. The summed E-state index contributed by atoms with van der Waals surface area (Å²) in [5, 5.41) is 0. The highest BCUT2D eigenvalue weighted by Crippen LogP contribution is 2.39. The Kier molecular flexibility index (Phi) is 3.96. The minimum Gasteiger partial charge on any atom is -0.497 e. The van der Waals surface area contributed by atoms with Gasteiger partial charge in [0.15, 0.2) is 0 Å². The summed E-state index contributed by atoms with van der Waals surface area (Å²) in [5.41, 5.74) is 5.35. The number of para-hydroxylation sites is 1. The first-order valence-corrected chi connectivity index (χ1v) is 8.40. The topological polar surface area (TPSA) is 12.5 Å². The Balaban J connectivity index is 1.84. The van der Waals surface area contributed by atoms with E-state index in [0.717, 1.165) is 18.7 Å². The van der Waals surface area contributed by atoms with E-state index in [1.807, 2.05) is 0 Å². The second kappa shape index (κ2) is 6.40. The number of fused-ring (bicyclic) bond motifs is 1. The van der Waals surface area contributed by atoms with Gasteiger partial charge in [0.1, 0.15) is 5.75 Å². The number of hydrogen-bond donors (Lipinski definition) is 0. The molecule has 0 amide bonds. The van der Waals surface area contributed by atoms with Gasteiger partial charge in [-0.05, 0) is 47.4 Å². The molecule has 3 aromatic rings. The fourth-order valence-corrected chi connectivity index (χ4v) is 3.62. The molecule has 0 bridgehead atoms. The van der Waals surface area contributed by atoms with Gasteiger partial charge in [0.05, 0.1) is 13.2 Å². The van der Waals surface area contributed by atoms with E-state index in [9.17, 15) is 0 Å². The maximum Gasteiger partial charge on any atom is 0.119 e. The van der Waals surface area contributed by atoms with Gasteiger partial charge < -0.3 is 9.64 Å². The highest BCUT2D eigenvalue weighted by Gasteiger charge is 2.29. The van der Waals surface area contributed by atoms with Crippen molar-refractivity contribution in [3.63, 3.8) is 0 Å². The first-order valence-electron chi connectivity index (χ1n) is 8.40. The molecule has 4 rings (SSSR count). The smallest absolute Gasteiger partial charge is 0.119 e. The quantitative estimate of drug-likeness (QED) is 0.685. The molecule has 0 N–H and O–H groups in total. The number of nitrogens with zero attached hydrogens (tertiary/aromatic N) is 1. The molecule has 2 nitrogen and oxygen atoms in total. The average Bonchev–Trinajstić information content (AvgIpc) is 2.68. The fourth-order valence-electron chi connectivity index (χ4n) is 3.62. The van der Waals surface area contributed by atoms with Crippen molar-refractivity contribution in [1.82, 2.24) is 0 Å². The van der Waals surface area contributed by atoms with Crippen LogP contribution in [0.1, 0.15) is 22.7 Å². The Bertz CT molecular complexity index is 814. The molecule has 0 spiro atoms. The highest BCUT2D eigenvalue weighted by molar-refractivity contribution is 5.56. The average molecular weight is 315 g/mol. The molecule has 0 aliphatic carbocycles. The van der Waals surface area contributed by atoms with Crippen molar-refractivity contribution in [3.05, 3.63) is 95.6 Å². The third-order valence-corrected chi connectivity index (χ3v) is 4.78. The van der Waals surface area contributed by atoms with Gasteiger partial charge in [-0.3, -0.25) is 0 Å². The van der Waals surface area contributed by atoms with Gasteiger partial charge in [0, 0.05) is 12.2 Å². The molecule has 2 heteroatoms. The van der Waals surface area contributed by atoms with Crippen molar-refractivity contribution in [2.24, 2.45) is 0 Å². The van der Waals surface area contributed by atoms with Gasteiger partial charge in [0.2, 0.25) is 0 Å². The summed E-state index contributed by atoms with van der Waals surface area (Å²) >= 11 is 0. The third-order valence-electron chi connectivity index (χ3n) is 4.78. The predicted octanol–water partition coefficient (Wildman–Crippen LogP) is 4.85. The van der Waals surface area contributed by atoms with Crippen LogP contribution in [-0.2, 0) is 6.42 Å². The van der Waals surface area contributed by atoms with Crippen LogP contribution in [0.4, 0.5) is 5.69 Å². The van der Waals surface area contributed by atoms with Crippen molar-refractivity contribution in [1.29, 1.82) is 0 Å². The van der Waals surface area contributed by atoms with Gasteiger partial charge >= 0.3 is 0 Å². The normalized spacial score (nSPS) is 16.5. The summed E-state index contributed by atoms with van der Waals surface area (Å²) in [6.45, 7) is 1.00. The zero-order valence-electron chi connectivity index (χ0n) is 13.9. The molecule has 0 saturated carbocycles. The summed E-state index contributed by atoms with van der Waals surface area (Å²) in [6, 6.07) is 28.2. The van der Waals surface area contributed by atoms with Crippen LogP contribution >= 0.6 is 0 Å². The van der Waals surface area contributed by atoms with Crippen LogP contribution in [0.5, 0.6) is 5.75 Å². The van der Waals surface area contributed by atoms with E-state index in [2.05, 4.69) is 83.8 Å². The lowest BCUT2D eigenvalue weighted by Crippen LogP contribution is -2.36. The SMILES string of the molecule is COc1ccc2c(c1)CCN(c1ccccc1)[C@H]2c1ccccc1. The molecule has 0 fully saturated rings. The summed E-state index contributed by atoms with van der Waals surface area (Å²) in [6.07, 6.45) is 1.03. The second-order valence-corrected chi connectivity index (χ2v) is 6.16. The monoisotopic (exact) mass is 315 g/mol. The lowest BCUT2D eigenvalue weighted by atomic mass is 9.87. The maximum atomic E-state index is 5.42. The molecule has 3 aromatic carbocycles. The van der Waals surface area contributed by atoms with Crippen molar-refractivity contribution in [3.8, 4) is 5.75 Å². The van der Waals surface area contributed by atoms with Crippen molar-refractivity contribution in [2.45, 2.75) is 12.5 Å². The predicted molar refractivity (Wildman–Crippen MR) is 98.8 cm³/mol. The van der Waals surface area contributed by atoms with Gasteiger partial charge in [-0.15, -0.1) is 0 Å². The van der Waals surface area contributed by atoms with Crippen LogP contribution in [0.15, 0.2) is 78.9 Å². The molecule has 24 heavy (non-hydrogen) atoms. The number of rotatable bonds is 3. The van der Waals surface area contributed by atoms with E-state index in [4.69, 9.17) is 4.74 Å². The Morgan fingerprint density at radius 1 is 0.875 bits per heavy atom. The largest absolute Gasteiger partial charge is 0.497 e. The summed E-state index contributed by atoms with van der Waals surface area (Å²) in [5.74, 6) is 0.939. The Morgan fingerprint density at radius 2 is 1.58 bits per heavy atom. The molecule has 0 unspecified atom stereocenters. The van der Waals surface area contributed by atoms with Crippen LogP contribution in [0.25, 0.3) is 0 Å². The molecule has 0 aromatic heterocycles. The lowest BCUT2D eigenvalue weighted by Gasteiger charge is -2.39. The number of methoxy groups -OCH3 is 1. The van der Waals surface area contributed by atoms with Gasteiger partial charge in [-0.2, -0.15) is 0 Å². The minimum atomic E-state index is 0.239. The van der Waals surface area contributed by atoms with Crippen molar-refractivity contribution >= 4 is 5.69 Å². The van der Waals surface area contributed by atoms with E-state index in [1.165, 1.54) is 22.4 Å². The lowest BCUT2D eigenvalue weighted by molar-refractivity contribution is 0.413. The molecule has 1 heterocycles. The summed E-state index contributed by atoms with van der Waals surface area (Å²) in [4.78, 5) is 2.50. The Labute approximate surface area is 143 Å². The Morgan fingerprint density at radius 3 is 2.29 bits per heavy atom. The number of benzene rings is 3. The van der Waals surface area contributed by atoms with Crippen molar-refractivity contribution < 1.29 is 4.74 Å². The number of hydrogen-bond acceptors (Lipinski definition) is 2. The molecule has 0 radical (unpaired) electrons. The van der Waals surface area contributed by atoms with Gasteiger partial charge in [-0.1, -0.05) is 54.6 Å². The van der Waals surface area contributed by atoms with Crippen LogP contribution in [-0.4, -0.2) is 13.7 Å². The summed E-state index contributed by atoms with van der Waals surface area (Å²) in [7, 11) is 1.73. The molecule has 0 saturated heterocycles. The molecular weight excluding hydrogens is 294 g/mol. The van der Waals surface area contributed by atoms with Gasteiger partial charge in [0.25, 0.3) is 0 Å². The maximum absolute atomic E-state index is 5.42. The number of anilines is 1. The van der Waals surface area contributed by atoms with Crippen LogP contribution < -0.4 is 9.64 Å². The fraction of sp³-hybridized carbons (Fsp3) is 0.182. The zero-order valence-corrected chi connectivity index (χ0v) is 13.9. The molecule has 1 atom stereocenters. The van der Waals surface area contributed by atoms with Gasteiger partial charge in [-0.25, -0.2) is 0 Å². The van der Waals surface area contributed by atoms with Crippen LogP contribution in [0.2, 0.25) is 0 Å². The minimum absolute atomic E-state index is 0.239. The molecule has 120 valence electrons. The zero-order chi connectivity index (χ0) is 16.4. The van der Waals surface area contributed by atoms with E-state index in [-0.39, 0.29) is 6.04 Å². The van der Waals surface area contributed by atoms with Crippen molar-refractivity contribution in [2.75, 3.05) is 18.6 Å². The van der Waals surface area contributed by atoms with E-state index >= 15 is 0 Å². The first-order chi connectivity index (χ1) is 11.9. The first kappa shape index (κ1) is 14.8. The van der Waals surface area contributed by atoms with E-state index in [1.54, 1.807) is 7.11 Å². The highest BCUT2D eigenvalue weighted by atomic mass is 16.5. The Hall–Kier alpha value is -2.74. The van der Waals surface area contributed by atoms with E-state index < -0.39 is 0 Å². The van der Waals surface area contributed by atoms with Crippen LogP contribution in [0, 0.1) is 0 Å². The second-order valence-electron chi connectivity index (χ2n) is 6.16. The van der Waals surface area contributed by atoms with Crippen LogP contribution in [0.3, 0.4) is 0 Å². The standard InChI is InChI=1S/C22H21NO/c1-24-20-12-13-21-18(16-20)14-15-23(19-10-6-3-7-11-19)22(21)17-8-4-2-5-9-17/h2-13,16,22H,14-15H2,1H3/t22-/m0/s1. The summed E-state index contributed by atoms with van der Waals surface area (Å²) < 4.78 is 5.42. The molecule has 1 aliphatic heterocycles. The molecular formula is C22H21NO.